The van der Waals surface area contributed by atoms with Crippen molar-refractivity contribution >= 4 is 19.8 Å². The number of unbranched alkanes of at least 4 members (excludes halogenated alkanes) is 27. The third-order valence-electron chi connectivity index (χ3n) is 11.1. The van der Waals surface area contributed by atoms with Crippen molar-refractivity contribution in [3.05, 3.63) is 36.5 Å². The van der Waals surface area contributed by atoms with Gasteiger partial charge in [0.05, 0.1) is 27.7 Å². The molecule has 0 rings (SSSR count). The van der Waals surface area contributed by atoms with Crippen LogP contribution in [0, 0.1) is 0 Å². The molecule has 0 aromatic rings. The first-order valence-electron chi connectivity index (χ1n) is 25.7. The Morgan fingerprint density at radius 3 is 1.32 bits per heavy atom. The summed E-state index contributed by atoms with van der Waals surface area (Å²) < 4.78 is 34.1. The number of ether oxygens (including phenoxy) is 2. The van der Waals surface area contributed by atoms with Crippen LogP contribution in [-0.4, -0.2) is 70.0 Å². The largest absolute Gasteiger partial charge is 0.756 e. The number of carbonyl (C=O) groups is 2. The van der Waals surface area contributed by atoms with Gasteiger partial charge in [0.15, 0.2) is 6.10 Å². The number of phosphoric ester groups is 1. The molecule has 9 nitrogen and oxygen atoms in total. The van der Waals surface area contributed by atoms with Crippen LogP contribution >= 0.6 is 7.82 Å². The smallest absolute Gasteiger partial charge is 0.306 e. The van der Waals surface area contributed by atoms with E-state index in [1.807, 2.05) is 21.1 Å². The predicted octanol–water partition coefficient (Wildman–Crippen LogP) is 14.6. The van der Waals surface area contributed by atoms with E-state index in [4.69, 9.17) is 18.5 Å². The summed E-state index contributed by atoms with van der Waals surface area (Å²) in [6.07, 6.45) is 51.6. The van der Waals surface area contributed by atoms with Crippen molar-refractivity contribution < 1.29 is 42.1 Å². The Morgan fingerprint density at radius 2 is 0.871 bits per heavy atom. The molecule has 1 unspecified atom stereocenters. The Labute approximate surface area is 382 Å². The lowest BCUT2D eigenvalue weighted by Crippen LogP contribution is -2.37. The summed E-state index contributed by atoms with van der Waals surface area (Å²) in [5, 5.41) is 0. The summed E-state index contributed by atoms with van der Waals surface area (Å²) in [7, 11) is 1.17. The first-order chi connectivity index (χ1) is 30.0. The van der Waals surface area contributed by atoms with Gasteiger partial charge in [0.2, 0.25) is 0 Å². The van der Waals surface area contributed by atoms with Gasteiger partial charge in [-0.05, 0) is 70.6 Å². The number of likely N-dealkylation sites (N-methyl/N-ethyl adjacent to an activating group) is 1. The monoisotopic (exact) mass is 896 g/mol. The zero-order valence-corrected chi connectivity index (χ0v) is 42.0. The van der Waals surface area contributed by atoms with Crippen molar-refractivity contribution in [3.63, 3.8) is 0 Å². The van der Waals surface area contributed by atoms with Crippen molar-refractivity contribution in [1.29, 1.82) is 0 Å². The average molecular weight is 896 g/mol. The zero-order valence-electron chi connectivity index (χ0n) is 41.1. The van der Waals surface area contributed by atoms with Gasteiger partial charge in [-0.2, -0.15) is 0 Å². The lowest BCUT2D eigenvalue weighted by Gasteiger charge is -2.28. The third kappa shape index (κ3) is 47.7. The van der Waals surface area contributed by atoms with E-state index in [0.29, 0.717) is 17.4 Å². The Hall–Kier alpha value is -1.77. The van der Waals surface area contributed by atoms with E-state index in [1.54, 1.807) is 0 Å². The lowest BCUT2D eigenvalue weighted by atomic mass is 10.1. The standard InChI is InChI=1S/C52H98NO8P/c1-6-8-10-12-14-16-18-20-22-24-26-28-30-32-34-36-38-40-42-44-51(54)58-48-50(49-60-62(56,57)59-47-46-53(3,4)5)61-52(55)45-43-41-39-37-35-33-31-29-27-25-23-21-19-17-15-13-11-9-7-2/h14,16,20-23,50H,6-13,15,17-19,24-49H2,1-5H3/b16-14+,22-20+,23-21+/t50-/m1/s1. The highest BCUT2D eigenvalue weighted by Gasteiger charge is 2.21. The van der Waals surface area contributed by atoms with Gasteiger partial charge in [-0.25, -0.2) is 0 Å². The minimum absolute atomic E-state index is 0.0315. The number of allylic oxidation sites excluding steroid dienone is 6. The molecule has 62 heavy (non-hydrogen) atoms. The summed E-state index contributed by atoms with van der Waals surface area (Å²) in [6.45, 7) is 4.22. The van der Waals surface area contributed by atoms with E-state index in [-0.39, 0.29) is 32.0 Å². The molecule has 0 aliphatic carbocycles. The van der Waals surface area contributed by atoms with Gasteiger partial charge in [-0.15, -0.1) is 0 Å². The van der Waals surface area contributed by atoms with Crippen LogP contribution in [0.3, 0.4) is 0 Å². The molecular weight excluding hydrogens is 798 g/mol. The van der Waals surface area contributed by atoms with Gasteiger partial charge in [-0.3, -0.25) is 14.2 Å². The molecule has 2 atom stereocenters. The quantitative estimate of drug-likeness (QED) is 0.0195. The van der Waals surface area contributed by atoms with Crippen molar-refractivity contribution in [2.45, 2.75) is 238 Å². The number of phosphoric acid groups is 1. The topological polar surface area (TPSA) is 111 Å². The Morgan fingerprint density at radius 1 is 0.500 bits per heavy atom. The lowest BCUT2D eigenvalue weighted by molar-refractivity contribution is -0.870. The molecule has 0 bridgehead atoms. The Balaban J connectivity index is 4.25. The van der Waals surface area contributed by atoms with Crippen LogP contribution in [0.5, 0.6) is 0 Å². The fourth-order valence-corrected chi connectivity index (χ4v) is 7.82. The van der Waals surface area contributed by atoms with Gasteiger partial charge in [0.1, 0.15) is 19.8 Å². The molecule has 0 aromatic carbocycles. The van der Waals surface area contributed by atoms with Crippen LogP contribution in [0.1, 0.15) is 232 Å². The summed E-state index contributed by atoms with van der Waals surface area (Å²) in [5.74, 6) is -0.834. The Kier molecular flexibility index (Phi) is 43.2. The van der Waals surface area contributed by atoms with Gasteiger partial charge < -0.3 is 27.9 Å². The fraction of sp³-hybridized carbons (Fsp3) is 0.846. The maximum absolute atomic E-state index is 12.7. The number of carbonyl (C=O) groups excluding carboxylic acids is 2. The highest BCUT2D eigenvalue weighted by Crippen LogP contribution is 2.38. The highest BCUT2D eigenvalue weighted by molar-refractivity contribution is 7.45. The van der Waals surface area contributed by atoms with Crippen molar-refractivity contribution in [2.75, 3.05) is 47.5 Å². The summed E-state index contributed by atoms with van der Waals surface area (Å²) in [6, 6.07) is 0. The van der Waals surface area contributed by atoms with E-state index >= 15 is 0 Å². The van der Waals surface area contributed by atoms with Gasteiger partial charge in [0.25, 0.3) is 7.82 Å². The SMILES string of the molecule is CCCCC/C=C/C/C=C/CCCCCCCCCCCC(=O)OC[C@H](COP(=O)([O-])OCC[N+](C)(C)C)OC(=O)CCCCCCCCCCC/C=C/CCCCCCCC. The first-order valence-corrected chi connectivity index (χ1v) is 27.2. The molecule has 0 aliphatic rings. The molecule has 0 saturated carbocycles. The van der Waals surface area contributed by atoms with Crippen LogP contribution in [0.15, 0.2) is 36.5 Å². The molecule has 364 valence electrons. The molecule has 10 heteroatoms. The molecule has 0 heterocycles. The summed E-state index contributed by atoms with van der Waals surface area (Å²) in [4.78, 5) is 37.7. The van der Waals surface area contributed by atoms with Crippen molar-refractivity contribution in [3.8, 4) is 0 Å². The second-order valence-electron chi connectivity index (χ2n) is 18.5. The fourth-order valence-electron chi connectivity index (χ4n) is 7.09. The van der Waals surface area contributed by atoms with Crippen LogP contribution in [0.4, 0.5) is 0 Å². The molecular formula is C52H98NO8P. The average Bonchev–Trinajstić information content (AvgIpc) is 3.23. The molecule has 0 aliphatic heterocycles. The zero-order chi connectivity index (χ0) is 45.7. The third-order valence-corrected chi connectivity index (χ3v) is 12.1. The van der Waals surface area contributed by atoms with Gasteiger partial charge >= 0.3 is 11.9 Å². The molecule has 0 saturated heterocycles. The Bertz CT molecular complexity index is 1150. The van der Waals surface area contributed by atoms with Crippen LogP contribution in [0.25, 0.3) is 0 Å². The maximum atomic E-state index is 12.7. The molecule has 0 N–H and O–H groups in total. The first kappa shape index (κ1) is 60.2. The second kappa shape index (κ2) is 44.4. The number of rotatable bonds is 47. The number of quaternary nitrogens is 1. The van der Waals surface area contributed by atoms with Crippen LogP contribution < -0.4 is 4.89 Å². The molecule has 0 radical (unpaired) electrons. The van der Waals surface area contributed by atoms with Crippen molar-refractivity contribution in [2.24, 2.45) is 0 Å². The molecule has 0 spiro atoms. The normalized spacial score (nSPS) is 13.7. The minimum Gasteiger partial charge on any atom is -0.756 e. The number of esters is 2. The maximum Gasteiger partial charge on any atom is 0.306 e. The molecule has 0 amide bonds. The van der Waals surface area contributed by atoms with Gasteiger partial charge in [-0.1, -0.05) is 185 Å². The van der Waals surface area contributed by atoms with E-state index in [1.165, 1.54) is 154 Å². The van der Waals surface area contributed by atoms with E-state index in [2.05, 4.69) is 50.3 Å². The number of nitrogens with zero attached hydrogens (tertiary/aromatic N) is 1. The molecule has 0 aromatic heterocycles. The number of hydrogen-bond acceptors (Lipinski definition) is 8. The highest BCUT2D eigenvalue weighted by atomic mass is 31.2. The van der Waals surface area contributed by atoms with E-state index in [0.717, 1.165) is 44.9 Å². The number of hydrogen-bond donors (Lipinski definition) is 0. The summed E-state index contributed by atoms with van der Waals surface area (Å²) in [5.41, 5.74) is 0. The second-order valence-corrected chi connectivity index (χ2v) is 19.9. The van der Waals surface area contributed by atoms with E-state index in [9.17, 15) is 19.0 Å². The van der Waals surface area contributed by atoms with Crippen LogP contribution in [-0.2, 0) is 32.7 Å². The summed E-state index contributed by atoms with van der Waals surface area (Å²) >= 11 is 0. The van der Waals surface area contributed by atoms with Crippen molar-refractivity contribution in [1.82, 2.24) is 0 Å². The molecule has 0 fully saturated rings. The minimum atomic E-state index is -4.63. The van der Waals surface area contributed by atoms with Crippen LogP contribution in [0.2, 0.25) is 0 Å². The van der Waals surface area contributed by atoms with E-state index < -0.39 is 26.5 Å². The predicted molar refractivity (Wildman–Crippen MR) is 259 cm³/mol. The van der Waals surface area contributed by atoms with Gasteiger partial charge in [0, 0.05) is 12.8 Å².